The van der Waals surface area contributed by atoms with Crippen molar-refractivity contribution in [2.45, 2.75) is 19.1 Å². The molecule has 4 heteroatoms. The van der Waals surface area contributed by atoms with E-state index in [4.69, 9.17) is 9.47 Å². The SMILES string of the molecule is CN1CCOC(CNCc2ccc3c(c2)CCO3)C1. The van der Waals surface area contributed by atoms with Crippen LogP contribution in [0.1, 0.15) is 11.1 Å². The van der Waals surface area contributed by atoms with E-state index in [0.29, 0.717) is 6.10 Å². The fourth-order valence-electron chi connectivity index (χ4n) is 2.72. The van der Waals surface area contributed by atoms with Crippen LogP contribution in [0.2, 0.25) is 0 Å². The summed E-state index contributed by atoms with van der Waals surface area (Å²) in [7, 11) is 2.15. The Hall–Kier alpha value is -1.10. The van der Waals surface area contributed by atoms with Crippen LogP contribution in [0.5, 0.6) is 5.75 Å². The standard InChI is InChI=1S/C15H22N2O2/c1-17-5-7-18-14(11-17)10-16-9-12-2-3-15-13(8-12)4-6-19-15/h2-3,8,14,16H,4-7,9-11H2,1H3. The highest BCUT2D eigenvalue weighted by molar-refractivity contribution is 5.39. The molecule has 1 unspecified atom stereocenters. The summed E-state index contributed by atoms with van der Waals surface area (Å²) in [4.78, 5) is 2.32. The molecular formula is C15H22N2O2. The van der Waals surface area contributed by atoms with Gasteiger partial charge in [0.1, 0.15) is 5.75 Å². The van der Waals surface area contributed by atoms with E-state index in [-0.39, 0.29) is 0 Å². The number of nitrogens with one attached hydrogen (secondary N) is 1. The second-order valence-electron chi connectivity index (χ2n) is 5.43. The minimum absolute atomic E-state index is 0.316. The highest BCUT2D eigenvalue weighted by Crippen LogP contribution is 2.25. The van der Waals surface area contributed by atoms with Crippen LogP contribution in [0, 0.1) is 0 Å². The number of ether oxygens (including phenoxy) is 2. The molecule has 0 amide bonds. The molecule has 1 saturated heterocycles. The Morgan fingerprint density at radius 3 is 3.21 bits per heavy atom. The lowest BCUT2D eigenvalue weighted by atomic mass is 10.1. The third-order valence-electron chi connectivity index (χ3n) is 3.80. The number of hydrogen-bond acceptors (Lipinski definition) is 4. The molecule has 0 aliphatic carbocycles. The molecule has 0 saturated carbocycles. The predicted molar refractivity (Wildman–Crippen MR) is 74.6 cm³/mol. The van der Waals surface area contributed by atoms with Gasteiger partial charge in [-0.3, -0.25) is 0 Å². The average molecular weight is 262 g/mol. The summed E-state index contributed by atoms with van der Waals surface area (Å²) in [6.45, 7) is 5.55. The lowest BCUT2D eigenvalue weighted by Crippen LogP contribution is -2.44. The summed E-state index contributed by atoms with van der Waals surface area (Å²) >= 11 is 0. The zero-order chi connectivity index (χ0) is 13.1. The van der Waals surface area contributed by atoms with Gasteiger partial charge in [0.2, 0.25) is 0 Å². The monoisotopic (exact) mass is 262 g/mol. The largest absolute Gasteiger partial charge is 0.493 e. The summed E-state index contributed by atoms with van der Waals surface area (Å²) in [5, 5.41) is 3.49. The molecule has 0 spiro atoms. The Morgan fingerprint density at radius 1 is 1.37 bits per heavy atom. The molecule has 1 aromatic rings. The van der Waals surface area contributed by atoms with Gasteiger partial charge < -0.3 is 19.7 Å². The van der Waals surface area contributed by atoms with Gasteiger partial charge in [-0.05, 0) is 24.2 Å². The van der Waals surface area contributed by atoms with E-state index in [9.17, 15) is 0 Å². The Morgan fingerprint density at radius 2 is 2.32 bits per heavy atom. The van der Waals surface area contributed by atoms with Crippen molar-refractivity contribution < 1.29 is 9.47 Å². The van der Waals surface area contributed by atoms with Crippen LogP contribution in [0.3, 0.4) is 0 Å². The van der Waals surface area contributed by atoms with Gasteiger partial charge in [0, 0.05) is 32.6 Å². The number of nitrogens with zero attached hydrogens (tertiary/aromatic N) is 1. The van der Waals surface area contributed by atoms with Crippen LogP contribution in [0.25, 0.3) is 0 Å². The number of rotatable bonds is 4. The molecule has 1 aromatic carbocycles. The Labute approximate surface area is 114 Å². The summed E-state index contributed by atoms with van der Waals surface area (Å²) in [6, 6.07) is 6.48. The summed E-state index contributed by atoms with van der Waals surface area (Å²) in [5.41, 5.74) is 2.67. The Bertz CT molecular complexity index is 436. The fourth-order valence-corrected chi connectivity index (χ4v) is 2.72. The van der Waals surface area contributed by atoms with Gasteiger partial charge in [-0.1, -0.05) is 12.1 Å². The van der Waals surface area contributed by atoms with E-state index in [1.807, 2.05) is 0 Å². The number of fused-ring (bicyclic) bond motifs is 1. The second-order valence-corrected chi connectivity index (χ2v) is 5.43. The summed E-state index contributed by atoms with van der Waals surface area (Å²) in [5.74, 6) is 1.06. The van der Waals surface area contributed by atoms with Gasteiger partial charge in [-0.15, -0.1) is 0 Å². The molecule has 3 rings (SSSR count). The molecule has 0 radical (unpaired) electrons. The number of benzene rings is 1. The van der Waals surface area contributed by atoms with E-state index in [0.717, 1.165) is 51.6 Å². The van der Waals surface area contributed by atoms with Crippen LogP contribution >= 0.6 is 0 Å². The smallest absolute Gasteiger partial charge is 0.122 e. The van der Waals surface area contributed by atoms with Crippen molar-refractivity contribution in [1.82, 2.24) is 10.2 Å². The molecule has 2 heterocycles. The van der Waals surface area contributed by atoms with Crippen molar-refractivity contribution in [2.24, 2.45) is 0 Å². The van der Waals surface area contributed by atoms with Gasteiger partial charge >= 0.3 is 0 Å². The first-order chi connectivity index (χ1) is 9.31. The first kappa shape index (κ1) is 12.9. The highest BCUT2D eigenvalue weighted by atomic mass is 16.5. The van der Waals surface area contributed by atoms with E-state index in [1.165, 1.54) is 11.1 Å². The van der Waals surface area contributed by atoms with Gasteiger partial charge in [0.25, 0.3) is 0 Å². The van der Waals surface area contributed by atoms with Crippen LogP contribution in [0.4, 0.5) is 0 Å². The van der Waals surface area contributed by atoms with Gasteiger partial charge in [0.05, 0.1) is 19.3 Å². The van der Waals surface area contributed by atoms with Crippen molar-refractivity contribution in [1.29, 1.82) is 0 Å². The van der Waals surface area contributed by atoms with Crippen LogP contribution in [-0.4, -0.2) is 50.9 Å². The molecule has 104 valence electrons. The molecular weight excluding hydrogens is 240 g/mol. The molecule has 2 aliphatic rings. The molecule has 0 aromatic heterocycles. The van der Waals surface area contributed by atoms with E-state index in [2.05, 4.69) is 35.5 Å². The Kier molecular flexibility index (Phi) is 4.01. The first-order valence-corrected chi connectivity index (χ1v) is 7.07. The quantitative estimate of drug-likeness (QED) is 0.879. The van der Waals surface area contributed by atoms with Crippen LogP contribution < -0.4 is 10.1 Å². The molecule has 4 nitrogen and oxygen atoms in total. The predicted octanol–water partition coefficient (Wildman–Crippen LogP) is 1.04. The number of morpholine rings is 1. The second kappa shape index (κ2) is 5.90. The normalized spacial score (nSPS) is 23.1. The number of hydrogen-bond donors (Lipinski definition) is 1. The number of likely N-dealkylation sites (N-methyl/N-ethyl adjacent to an activating group) is 1. The van der Waals surface area contributed by atoms with Crippen molar-refractivity contribution in [2.75, 3.05) is 39.9 Å². The maximum Gasteiger partial charge on any atom is 0.122 e. The molecule has 1 atom stereocenters. The highest BCUT2D eigenvalue weighted by Gasteiger charge is 2.17. The maximum absolute atomic E-state index is 5.74. The summed E-state index contributed by atoms with van der Waals surface area (Å²) < 4.78 is 11.3. The van der Waals surface area contributed by atoms with Gasteiger partial charge in [-0.25, -0.2) is 0 Å². The minimum atomic E-state index is 0.316. The molecule has 0 bridgehead atoms. The minimum Gasteiger partial charge on any atom is -0.493 e. The average Bonchev–Trinajstić information content (AvgIpc) is 2.86. The molecule has 1 fully saturated rings. The first-order valence-electron chi connectivity index (χ1n) is 7.07. The van der Waals surface area contributed by atoms with Gasteiger partial charge in [0.15, 0.2) is 0 Å². The van der Waals surface area contributed by atoms with Crippen LogP contribution in [0.15, 0.2) is 18.2 Å². The third kappa shape index (κ3) is 3.26. The third-order valence-corrected chi connectivity index (χ3v) is 3.80. The molecule has 19 heavy (non-hydrogen) atoms. The zero-order valence-electron chi connectivity index (χ0n) is 11.5. The lowest BCUT2D eigenvalue weighted by molar-refractivity contribution is -0.0182. The summed E-state index contributed by atoms with van der Waals surface area (Å²) in [6.07, 6.45) is 1.36. The van der Waals surface area contributed by atoms with E-state index in [1.54, 1.807) is 0 Å². The van der Waals surface area contributed by atoms with Crippen molar-refractivity contribution >= 4 is 0 Å². The molecule has 1 N–H and O–H groups in total. The van der Waals surface area contributed by atoms with Crippen molar-refractivity contribution in [3.63, 3.8) is 0 Å². The van der Waals surface area contributed by atoms with Crippen molar-refractivity contribution in [3.8, 4) is 5.75 Å². The molecule has 2 aliphatic heterocycles. The Balaban J connectivity index is 1.47. The fraction of sp³-hybridized carbons (Fsp3) is 0.600. The van der Waals surface area contributed by atoms with Gasteiger partial charge in [-0.2, -0.15) is 0 Å². The lowest BCUT2D eigenvalue weighted by Gasteiger charge is -2.30. The van der Waals surface area contributed by atoms with Crippen LogP contribution in [-0.2, 0) is 17.7 Å². The van der Waals surface area contributed by atoms with E-state index >= 15 is 0 Å². The van der Waals surface area contributed by atoms with E-state index < -0.39 is 0 Å². The van der Waals surface area contributed by atoms with Crippen molar-refractivity contribution in [3.05, 3.63) is 29.3 Å². The maximum atomic E-state index is 5.74. The zero-order valence-corrected chi connectivity index (χ0v) is 11.5. The topological polar surface area (TPSA) is 33.7 Å².